The second kappa shape index (κ2) is 9.43. The van der Waals surface area contributed by atoms with Crippen LogP contribution in [0.15, 0.2) is 53.2 Å². The first-order valence-corrected chi connectivity index (χ1v) is 9.63. The minimum absolute atomic E-state index is 0.0598. The van der Waals surface area contributed by atoms with E-state index in [2.05, 4.69) is 44.7 Å². The second-order valence-corrected chi connectivity index (χ2v) is 6.74. The van der Waals surface area contributed by atoms with Crippen molar-refractivity contribution in [2.45, 2.75) is 25.4 Å². The van der Waals surface area contributed by atoms with Crippen LogP contribution in [0.1, 0.15) is 17.8 Å². The van der Waals surface area contributed by atoms with Gasteiger partial charge in [-0.25, -0.2) is 4.98 Å². The van der Waals surface area contributed by atoms with Crippen molar-refractivity contribution < 1.29 is 14.0 Å². The van der Waals surface area contributed by atoms with Crippen molar-refractivity contribution in [2.75, 3.05) is 31.7 Å². The maximum atomic E-state index is 5.61. The number of aromatic nitrogens is 3. The van der Waals surface area contributed by atoms with Gasteiger partial charge < -0.3 is 19.3 Å². The van der Waals surface area contributed by atoms with Crippen LogP contribution >= 0.6 is 0 Å². The van der Waals surface area contributed by atoms with Crippen molar-refractivity contribution in [3.05, 3.63) is 60.0 Å². The van der Waals surface area contributed by atoms with Crippen molar-refractivity contribution in [3.63, 3.8) is 0 Å². The van der Waals surface area contributed by atoms with Gasteiger partial charge in [0.2, 0.25) is 0 Å². The SMILES string of the molecule is c1ccc(CCCc2noc(-c3ccc(NC[C@H]4COCCO4)nc3)n2)cc1. The zero-order chi connectivity index (χ0) is 19.0. The largest absolute Gasteiger partial charge is 0.376 e. The molecule has 146 valence electrons. The summed E-state index contributed by atoms with van der Waals surface area (Å²) in [7, 11) is 0. The van der Waals surface area contributed by atoms with Gasteiger partial charge in [-0.2, -0.15) is 4.98 Å². The van der Waals surface area contributed by atoms with E-state index in [1.54, 1.807) is 6.20 Å². The second-order valence-electron chi connectivity index (χ2n) is 6.74. The molecule has 0 spiro atoms. The Hall–Kier alpha value is -2.77. The van der Waals surface area contributed by atoms with Gasteiger partial charge in [-0.1, -0.05) is 35.5 Å². The Labute approximate surface area is 164 Å². The average molecular weight is 380 g/mol. The fourth-order valence-electron chi connectivity index (χ4n) is 3.07. The van der Waals surface area contributed by atoms with Gasteiger partial charge in [0.05, 0.1) is 31.5 Å². The van der Waals surface area contributed by atoms with E-state index in [1.807, 2.05) is 18.2 Å². The van der Waals surface area contributed by atoms with Gasteiger partial charge in [0.15, 0.2) is 5.82 Å². The number of anilines is 1. The van der Waals surface area contributed by atoms with Crippen molar-refractivity contribution in [1.82, 2.24) is 15.1 Å². The molecule has 1 aliphatic heterocycles. The van der Waals surface area contributed by atoms with Crippen LogP contribution in [-0.2, 0) is 22.3 Å². The molecule has 1 fully saturated rings. The molecule has 28 heavy (non-hydrogen) atoms. The van der Waals surface area contributed by atoms with Crippen LogP contribution in [0.4, 0.5) is 5.82 Å². The lowest BCUT2D eigenvalue weighted by molar-refractivity contribution is -0.0819. The molecular weight excluding hydrogens is 356 g/mol. The third kappa shape index (κ3) is 5.15. The molecule has 3 aromatic rings. The Kier molecular flexibility index (Phi) is 6.26. The Bertz CT molecular complexity index is 846. The normalized spacial score (nSPS) is 16.8. The van der Waals surface area contributed by atoms with E-state index in [4.69, 9.17) is 14.0 Å². The smallest absolute Gasteiger partial charge is 0.259 e. The summed E-state index contributed by atoms with van der Waals surface area (Å²) in [5.74, 6) is 2.00. The molecular formula is C21H24N4O3. The fourth-order valence-corrected chi connectivity index (χ4v) is 3.07. The number of rotatable bonds is 8. The highest BCUT2D eigenvalue weighted by atomic mass is 16.6. The zero-order valence-corrected chi connectivity index (χ0v) is 15.7. The van der Waals surface area contributed by atoms with Crippen LogP contribution in [0, 0.1) is 0 Å². The lowest BCUT2D eigenvalue weighted by Crippen LogP contribution is -2.34. The first-order valence-electron chi connectivity index (χ1n) is 9.63. The maximum Gasteiger partial charge on any atom is 0.259 e. The molecule has 0 radical (unpaired) electrons. The van der Waals surface area contributed by atoms with E-state index < -0.39 is 0 Å². The van der Waals surface area contributed by atoms with Crippen molar-refractivity contribution in [3.8, 4) is 11.5 Å². The van der Waals surface area contributed by atoms with E-state index in [1.165, 1.54) is 5.56 Å². The summed E-state index contributed by atoms with van der Waals surface area (Å²) < 4.78 is 16.4. The van der Waals surface area contributed by atoms with Crippen LogP contribution in [0.25, 0.3) is 11.5 Å². The Morgan fingerprint density at radius 3 is 2.75 bits per heavy atom. The molecule has 7 heteroatoms. The minimum Gasteiger partial charge on any atom is -0.376 e. The summed E-state index contributed by atoms with van der Waals surface area (Å²) >= 11 is 0. The van der Waals surface area contributed by atoms with E-state index in [9.17, 15) is 0 Å². The van der Waals surface area contributed by atoms with Crippen molar-refractivity contribution >= 4 is 5.82 Å². The average Bonchev–Trinajstić information content (AvgIpc) is 3.23. The minimum atomic E-state index is 0.0598. The predicted molar refractivity (Wildman–Crippen MR) is 105 cm³/mol. The fraction of sp³-hybridized carbons (Fsp3) is 0.381. The third-order valence-electron chi connectivity index (χ3n) is 4.58. The first kappa shape index (κ1) is 18.6. The van der Waals surface area contributed by atoms with Crippen molar-refractivity contribution in [2.24, 2.45) is 0 Å². The Balaban J connectivity index is 1.27. The molecule has 1 N–H and O–H groups in total. The maximum absolute atomic E-state index is 5.61. The highest BCUT2D eigenvalue weighted by Crippen LogP contribution is 2.18. The Morgan fingerprint density at radius 2 is 1.96 bits per heavy atom. The first-order chi connectivity index (χ1) is 13.9. The van der Waals surface area contributed by atoms with E-state index in [0.29, 0.717) is 32.3 Å². The molecule has 0 unspecified atom stereocenters. The molecule has 0 amide bonds. The molecule has 1 aliphatic rings. The highest BCUT2D eigenvalue weighted by molar-refractivity contribution is 5.54. The number of pyridine rings is 1. The number of nitrogens with one attached hydrogen (secondary N) is 1. The summed E-state index contributed by atoms with van der Waals surface area (Å²) in [6.45, 7) is 2.59. The van der Waals surface area contributed by atoms with Gasteiger partial charge in [0.1, 0.15) is 5.82 Å². The highest BCUT2D eigenvalue weighted by Gasteiger charge is 2.14. The number of hydrogen-bond donors (Lipinski definition) is 1. The summed E-state index contributed by atoms with van der Waals surface area (Å²) in [5.41, 5.74) is 2.13. The molecule has 7 nitrogen and oxygen atoms in total. The summed E-state index contributed by atoms with van der Waals surface area (Å²) in [6, 6.07) is 14.2. The summed E-state index contributed by atoms with van der Waals surface area (Å²) in [4.78, 5) is 8.90. The van der Waals surface area contributed by atoms with Gasteiger partial charge in [-0.3, -0.25) is 0 Å². The number of hydrogen-bond acceptors (Lipinski definition) is 7. The zero-order valence-electron chi connectivity index (χ0n) is 15.7. The van der Waals surface area contributed by atoms with Gasteiger partial charge in [0, 0.05) is 19.2 Å². The van der Waals surface area contributed by atoms with E-state index in [0.717, 1.165) is 36.5 Å². The van der Waals surface area contributed by atoms with Crippen LogP contribution in [0.3, 0.4) is 0 Å². The van der Waals surface area contributed by atoms with Gasteiger partial charge >= 0.3 is 0 Å². The van der Waals surface area contributed by atoms with Gasteiger partial charge in [-0.05, 0) is 30.5 Å². The molecule has 3 heterocycles. The number of nitrogens with zero attached hydrogens (tertiary/aromatic N) is 3. The molecule has 1 aromatic carbocycles. The van der Waals surface area contributed by atoms with Gasteiger partial charge in [0.25, 0.3) is 5.89 Å². The van der Waals surface area contributed by atoms with Crippen LogP contribution < -0.4 is 5.32 Å². The molecule has 1 saturated heterocycles. The predicted octanol–water partition coefficient (Wildman–Crippen LogP) is 3.13. The topological polar surface area (TPSA) is 82.3 Å². The quantitative estimate of drug-likeness (QED) is 0.643. The van der Waals surface area contributed by atoms with Crippen LogP contribution in [0.5, 0.6) is 0 Å². The monoisotopic (exact) mass is 380 g/mol. The van der Waals surface area contributed by atoms with E-state index >= 15 is 0 Å². The number of aryl methyl sites for hydroxylation is 2. The lowest BCUT2D eigenvalue weighted by atomic mass is 10.1. The third-order valence-corrected chi connectivity index (χ3v) is 4.58. The molecule has 1 atom stereocenters. The lowest BCUT2D eigenvalue weighted by Gasteiger charge is -2.23. The molecule has 4 rings (SSSR count). The number of ether oxygens (including phenoxy) is 2. The van der Waals surface area contributed by atoms with E-state index in [-0.39, 0.29) is 6.10 Å². The molecule has 0 saturated carbocycles. The molecule has 0 aliphatic carbocycles. The summed E-state index contributed by atoms with van der Waals surface area (Å²) in [5, 5.41) is 7.34. The summed E-state index contributed by atoms with van der Waals surface area (Å²) in [6.07, 6.45) is 4.57. The van der Waals surface area contributed by atoms with Crippen LogP contribution in [-0.4, -0.2) is 47.6 Å². The number of benzene rings is 1. The van der Waals surface area contributed by atoms with Gasteiger partial charge in [-0.15, -0.1) is 0 Å². The molecule has 2 aromatic heterocycles. The van der Waals surface area contributed by atoms with Crippen LogP contribution in [0.2, 0.25) is 0 Å². The Morgan fingerprint density at radius 1 is 1.04 bits per heavy atom. The standard InChI is InChI=1S/C21H24N4O3/c1-2-5-16(6-3-1)7-4-8-20-24-21(28-25-20)17-9-10-19(22-13-17)23-14-18-15-26-11-12-27-18/h1-3,5-6,9-10,13,18H,4,7-8,11-12,14-15H2,(H,22,23)/t18-/m0/s1. The van der Waals surface area contributed by atoms with Crippen molar-refractivity contribution in [1.29, 1.82) is 0 Å². The molecule has 0 bridgehead atoms.